The quantitative estimate of drug-likeness (QED) is 0.227. The van der Waals surface area contributed by atoms with Crippen LogP contribution in [0.1, 0.15) is 44.9 Å². The predicted molar refractivity (Wildman–Crippen MR) is 117 cm³/mol. The Bertz CT molecular complexity index is 534. The van der Waals surface area contributed by atoms with Crippen molar-refractivity contribution in [2.45, 2.75) is 44.9 Å². The van der Waals surface area contributed by atoms with Gasteiger partial charge in [0.05, 0.1) is 5.75 Å². The van der Waals surface area contributed by atoms with Crippen LogP contribution >= 0.6 is 24.0 Å². The molecule has 154 valence electrons. The molecule has 2 fully saturated rings. The molecule has 0 spiro atoms. The number of aliphatic imine (C=N–C) groups is 1. The van der Waals surface area contributed by atoms with Crippen molar-refractivity contribution in [1.82, 2.24) is 15.4 Å². The van der Waals surface area contributed by atoms with Gasteiger partial charge in [-0.2, -0.15) is 0 Å². The fraction of sp³-hybridized carbons (Fsp3) is 0.941. The van der Waals surface area contributed by atoms with E-state index in [1.54, 1.807) is 14.2 Å². The summed E-state index contributed by atoms with van der Waals surface area (Å²) in [4.78, 5) is 4.19. The summed E-state index contributed by atoms with van der Waals surface area (Å²) < 4.78 is 31.9. The molecule has 0 bridgehead atoms. The van der Waals surface area contributed by atoms with E-state index >= 15 is 0 Å². The van der Waals surface area contributed by atoms with Gasteiger partial charge in [-0.05, 0) is 43.4 Å². The third kappa shape index (κ3) is 7.85. The highest BCUT2D eigenvalue weighted by Crippen LogP contribution is 2.43. The molecule has 0 atom stereocenters. The minimum atomic E-state index is -3.22. The first-order valence-corrected chi connectivity index (χ1v) is 11.0. The zero-order valence-corrected chi connectivity index (χ0v) is 19.2. The van der Waals surface area contributed by atoms with Crippen molar-refractivity contribution in [2.24, 2.45) is 16.3 Å². The van der Waals surface area contributed by atoms with Crippen LogP contribution in [0.2, 0.25) is 0 Å². The lowest BCUT2D eigenvalue weighted by Crippen LogP contribution is -2.48. The van der Waals surface area contributed by atoms with Gasteiger partial charge >= 0.3 is 0 Å². The van der Waals surface area contributed by atoms with Crippen molar-refractivity contribution < 1.29 is 13.2 Å². The maximum absolute atomic E-state index is 12.0. The van der Waals surface area contributed by atoms with Crippen LogP contribution < -0.4 is 15.4 Å². The van der Waals surface area contributed by atoms with Crippen LogP contribution in [0.25, 0.3) is 0 Å². The smallest absolute Gasteiger partial charge is 0.213 e. The van der Waals surface area contributed by atoms with Gasteiger partial charge in [0.2, 0.25) is 10.0 Å². The number of nitrogens with zero attached hydrogens (tertiary/aromatic N) is 1. The molecule has 0 aromatic heterocycles. The molecule has 7 nitrogen and oxygen atoms in total. The Morgan fingerprint density at radius 2 is 1.96 bits per heavy atom. The second-order valence-electron chi connectivity index (χ2n) is 7.41. The van der Waals surface area contributed by atoms with Crippen molar-refractivity contribution in [3.63, 3.8) is 0 Å². The summed E-state index contributed by atoms with van der Waals surface area (Å²) in [7, 11) is 0.228. The Hall–Kier alpha value is -0.130. The predicted octanol–water partition coefficient (Wildman–Crippen LogP) is 1.70. The van der Waals surface area contributed by atoms with Crippen LogP contribution in [-0.4, -0.2) is 60.5 Å². The van der Waals surface area contributed by atoms with E-state index in [0.29, 0.717) is 30.4 Å². The highest BCUT2D eigenvalue weighted by molar-refractivity contribution is 14.0. The third-order valence-corrected chi connectivity index (χ3v) is 6.93. The van der Waals surface area contributed by atoms with Crippen molar-refractivity contribution in [1.29, 1.82) is 0 Å². The van der Waals surface area contributed by atoms with Gasteiger partial charge in [0.1, 0.15) is 0 Å². The van der Waals surface area contributed by atoms with Gasteiger partial charge in [-0.25, -0.2) is 13.1 Å². The Balaban J connectivity index is 0.00000338. The van der Waals surface area contributed by atoms with Gasteiger partial charge < -0.3 is 15.4 Å². The van der Waals surface area contributed by atoms with Gasteiger partial charge in [-0.1, -0.05) is 12.8 Å². The Labute approximate surface area is 175 Å². The Morgan fingerprint density at radius 1 is 1.23 bits per heavy atom. The molecule has 2 aliphatic rings. The molecule has 0 heterocycles. The number of guanidine groups is 1. The summed E-state index contributed by atoms with van der Waals surface area (Å²) >= 11 is 0. The number of ether oxygens (including phenoxy) is 1. The van der Waals surface area contributed by atoms with Gasteiger partial charge in [-0.15, -0.1) is 24.0 Å². The van der Waals surface area contributed by atoms with E-state index in [4.69, 9.17) is 4.74 Å². The SMILES string of the molecule is CN=C(NCCS(=O)(=O)NCC1CCC1)NCC1(CCOC)CCC1.I. The van der Waals surface area contributed by atoms with Gasteiger partial charge in [0.15, 0.2) is 5.96 Å². The second kappa shape index (κ2) is 11.7. The number of halogens is 1. The summed E-state index contributed by atoms with van der Waals surface area (Å²) in [6.07, 6.45) is 8.24. The molecular formula is C17H35IN4O3S. The maximum atomic E-state index is 12.0. The largest absolute Gasteiger partial charge is 0.385 e. The molecular weight excluding hydrogens is 467 g/mol. The highest BCUT2D eigenvalue weighted by atomic mass is 127. The number of hydrogen-bond acceptors (Lipinski definition) is 4. The molecule has 2 saturated carbocycles. The third-order valence-electron chi connectivity index (χ3n) is 5.59. The molecule has 3 N–H and O–H groups in total. The van der Waals surface area contributed by atoms with Crippen LogP contribution in [0, 0.1) is 11.3 Å². The topological polar surface area (TPSA) is 91.8 Å². The molecule has 2 rings (SSSR count). The zero-order chi connectivity index (χ0) is 18.2. The molecule has 26 heavy (non-hydrogen) atoms. The van der Waals surface area contributed by atoms with Crippen molar-refractivity contribution in [2.75, 3.05) is 46.2 Å². The van der Waals surface area contributed by atoms with Crippen molar-refractivity contribution in [3.8, 4) is 0 Å². The lowest BCUT2D eigenvalue weighted by atomic mass is 9.67. The molecule has 0 radical (unpaired) electrons. The lowest BCUT2D eigenvalue weighted by Gasteiger charge is -2.42. The summed E-state index contributed by atoms with van der Waals surface area (Å²) in [5.41, 5.74) is 0.296. The van der Waals surface area contributed by atoms with Gasteiger partial charge in [-0.3, -0.25) is 4.99 Å². The van der Waals surface area contributed by atoms with Crippen LogP contribution in [0.5, 0.6) is 0 Å². The monoisotopic (exact) mass is 502 g/mol. The van der Waals surface area contributed by atoms with Crippen LogP contribution in [0.4, 0.5) is 0 Å². The first kappa shape index (κ1) is 23.9. The van der Waals surface area contributed by atoms with E-state index < -0.39 is 10.0 Å². The van der Waals surface area contributed by atoms with Crippen LogP contribution in [0.3, 0.4) is 0 Å². The van der Waals surface area contributed by atoms with E-state index in [9.17, 15) is 8.42 Å². The molecule has 0 unspecified atom stereocenters. The van der Waals surface area contributed by atoms with Crippen molar-refractivity contribution in [3.05, 3.63) is 0 Å². The minimum absolute atomic E-state index is 0. The second-order valence-corrected chi connectivity index (χ2v) is 9.34. The summed E-state index contributed by atoms with van der Waals surface area (Å²) in [5, 5.41) is 6.45. The number of hydrogen-bond donors (Lipinski definition) is 3. The average Bonchev–Trinajstić information content (AvgIpc) is 2.50. The summed E-state index contributed by atoms with van der Waals surface area (Å²) in [5.74, 6) is 1.26. The Kier molecular flexibility index (Phi) is 10.7. The van der Waals surface area contributed by atoms with Crippen molar-refractivity contribution >= 4 is 40.0 Å². The molecule has 0 aromatic rings. The fourth-order valence-electron chi connectivity index (χ4n) is 3.32. The Morgan fingerprint density at radius 3 is 2.46 bits per heavy atom. The molecule has 0 aromatic carbocycles. The van der Waals surface area contributed by atoms with E-state index in [-0.39, 0.29) is 29.7 Å². The number of sulfonamides is 1. The number of methoxy groups -OCH3 is 1. The first-order chi connectivity index (χ1) is 12.0. The fourth-order valence-corrected chi connectivity index (χ4v) is 4.32. The first-order valence-electron chi connectivity index (χ1n) is 9.39. The normalized spacial score (nSPS) is 19.8. The molecule has 0 aliphatic heterocycles. The molecule has 9 heteroatoms. The van der Waals surface area contributed by atoms with E-state index in [1.807, 2.05) is 0 Å². The maximum Gasteiger partial charge on any atom is 0.213 e. The zero-order valence-electron chi connectivity index (χ0n) is 16.1. The standard InChI is InChI=1S/C17H34N4O3S.HI/c1-18-16(20-14-17(7-4-8-17)9-11-24-2)19-10-12-25(22,23)21-13-15-5-3-6-15;/h15,21H,3-14H2,1-2H3,(H2,18,19,20);1H. The molecule has 0 amide bonds. The number of nitrogens with one attached hydrogen (secondary N) is 3. The molecule has 0 saturated heterocycles. The van der Waals surface area contributed by atoms with E-state index in [0.717, 1.165) is 32.4 Å². The van der Waals surface area contributed by atoms with E-state index in [2.05, 4.69) is 20.3 Å². The minimum Gasteiger partial charge on any atom is -0.385 e. The summed E-state index contributed by atoms with van der Waals surface area (Å²) in [6, 6.07) is 0. The summed E-state index contributed by atoms with van der Waals surface area (Å²) in [6.45, 7) is 2.56. The van der Waals surface area contributed by atoms with E-state index in [1.165, 1.54) is 25.7 Å². The lowest BCUT2D eigenvalue weighted by molar-refractivity contribution is 0.0733. The molecule has 2 aliphatic carbocycles. The van der Waals surface area contributed by atoms with Gasteiger partial charge in [0, 0.05) is 40.4 Å². The highest BCUT2D eigenvalue weighted by Gasteiger charge is 2.36. The average molecular weight is 502 g/mol. The number of rotatable bonds is 11. The van der Waals surface area contributed by atoms with Gasteiger partial charge in [0.25, 0.3) is 0 Å². The van der Waals surface area contributed by atoms with Crippen LogP contribution in [0.15, 0.2) is 4.99 Å². The van der Waals surface area contributed by atoms with Crippen LogP contribution in [-0.2, 0) is 14.8 Å².